The molecule has 0 unspecified atom stereocenters. The van der Waals surface area contributed by atoms with Crippen molar-refractivity contribution in [3.05, 3.63) is 102 Å². The van der Waals surface area contributed by atoms with Gasteiger partial charge in [0, 0.05) is 18.8 Å². The molecule has 0 saturated heterocycles. The fraction of sp³-hybridized carbons (Fsp3) is 0.200. The molecule has 30 heavy (non-hydrogen) atoms. The van der Waals surface area contributed by atoms with Gasteiger partial charge >= 0.3 is 0 Å². The van der Waals surface area contributed by atoms with Crippen LogP contribution >= 0.6 is 0 Å². The van der Waals surface area contributed by atoms with Crippen molar-refractivity contribution in [3.8, 4) is 0 Å². The Morgan fingerprint density at radius 3 is 1.87 bits per heavy atom. The van der Waals surface area contributed by atoms with Crippen LogP contribution in [0.5, 0.6) is 0 Å². The highest BCUT2D eigenvalue weighted by Crippen LogP contribution is 2.29. The topological polar surface area (TPSA) is 64.9 Å². The zero-order chi connectivity index (χ0) is 21.4. The van der Waals surface area contributed by atoms with E-state index in [4.69, 9.17) is 0 Å². The summed E-state index contributed by atoms with van der Waals surface area (Å²) in [5.41, 5.74) is 3.61. The van der Waals surface area contributed by atoms with Crippen LogP contribution in [0.1, 0.15) is 30.5 Å². The number of amides is 1. The molecule has 0 atom stereocenters. The summed E-state index contributed by atoms with van der Waals surface area (Å²) in [7, 11) is 0. The molecule has 0 aromatic heterocycles. The highest BCUT2D eigenvalue weighted by atomic mass is 16.3. The Hall–Kier alpha value is -3.44. The molecule has 5 nitrogen and oxygen atoms in total. The molecular formula is C25H27N3O2. The fourth-order valence-electron chi connectivity index (χ4n) is 3.39. The molecule has 154 valence electrons. The lowest BCUT2D eigenvalue weighted by Gasteiger charge is -2.27. The van der Waals surface area contributed by atoms with Crippen molar-refractivity contribution < 1.29 is 9.90 Å². The van der Waals surface area contributed by atoms with Gasteiger partial charge in [0.2, 0.25) is 0 Å². The van der Waals surface area contributed by atoms with Crippen LogP contribution in [0.3, 0.4) is 0 Å². The largest absolute Gasteiger partial charge is 0.372 e. The second-order valence-electron chi connectivity index (χ2n) is 6.91. The predicted molar refractivity (Wildman–Crippen MR) is 122 cm³/mol. The molecule has 0 fully saturated rings. The van der Waals surface area contributed by atoms with E-state index in [9.17, 15) is 9.90 Å². The smallest absolute Gasteiger partial charge is 0.281 e. The van der Waals surface area contributed by atoms with Crippen LogP contribution in [0.25, 0.3) is 0 Å². The third-order valence-electron chi connectivity index (χ3n) is 5.11. The van der Waals surface area contributed by atoms with Gasteiger partial charge in [-0.3, -0.25) is 4.79 Å². The van der Waals surface area contributed by atoms with Gasteiger partial charge in [0.25, 0.3) is 5.91 Å². The zero-order valence-electron chi connectivity index (χ0n) is 17.3. The van der Waals surface area contributed by atoms with Gasteiger partial charge in [-0.15, -0.1) is 0 Å². The molecular weight excluding hydrogens is 374 g/mol. The summed E-state index contributed by atoms with van der Waals surface area (Å²) in [5, 5.41) is 15.5. The van der Waals surface area contributed by atoms with Crippen molar-refractivity contribution in [3.63, 3.8) is 0 Å². The van der Waals surface area contributed by atoms with Crippen LogP contribution in [-0.4, -0.2) is 30.3 Å². The molecule has 0 bridgehead atoms. The fourth-order valence-corrected chi connectivity index (χ4v) is 3.39. The van der Waals surface area contributed by atoms with E-state index in [-0.39, 0.29) is 0 Å². The number of benzene rings is 3. The summed E-state index contributed by atoms with van der Waals surface area (Å²) >= 11 is 0. The first-order valence-corrected chi connectivity index (χ1v) is 10.1. The maximum absolute atomic E-state index is 13.0. The maximum atomic E-state index is 13.0. The SMILES string of the molecule is CCN(CC)c1ccc(C=NNC(=O)C(O)(c2ccccc2)c2ccccc2)cc1. The number of carbonyl (C=O) groups excluding carboxylic acids is 1. The maximum Gasteiger partial charge on any atom is 0.281 e. The molecule has 2 N–H and O–H groups in total. The van der Waals surface area contributed by atoms with E-state index in [1.54, 1.807) is 54.7 Å². The van der Waals surface area contributed by atoms with E-state index in [0.29, 0.717) is 11.1 Å². The van der Waals surface area contributed by atoms with Crippen LogP contribution in [0.2, 0.25) is 0 Å². The normalized spacial score (nSPS) is 11.4. The third-order valence-corrected chi connectivity index (χ3v) is 5.11. The van der Waals surface area contributed by atoms with Crippen molar-refractivity contribution in [2.24, 2.45) is 5.10 Å². The van der Waals surface area contributed by atoms with Crippen LogP contribution < -0.4 is 10.3 Å². The van der Waals surface area contributed by atoms with Crippen LogP contribution in [0.4, 0.5) is 5.69 Å². The van der Waals surface area contributed by atoms with Crippen LogP contribution in [0, 0.1) is 0 Å². The van der Waals surface area contributed by atoms with Crippen molar-refractivity contribution in [2.45, 2.75) is 19.4 Å². The van der Waals surface area contributed by atoms with Gasteiger partial charge in [-0.25, -0.2) is 5.43 Å². The highest BCUT2D eigenvalue weighted by molar-refractivity contribution is 5.91. The van der Waals surface area contributed by atoms with Gasteiger partial charge in [0.15, 0.2) is 5.60 Å². The van der Waals surface area contributed by atoms with E-state index in [2.05, 4.69) is 29.3 Å². The molecule has 3 rings (SSSR count). The van der Waals surface area contributed by atoms with Gasteiger partial charge in [-0.2, -0.15) is 5.10 Å². The monoisotopic (exact) mass is 401 g/mol. The third kappa shape index (κ3) is 4.58. The molecule has 0 aliphatic rings. The van der Waals surface area contributed by atoms with E-state index in [1.165, 1.54) is 0 Å². The van der Waals surface area contributed by atoms with Gasteiger partial charge in [0.1, 0.15) is 0 Å². The molecule has 3 aromatic carbocycles. The molecule has 0 spiro atoms. The van der Waals surface area contributed by atoms with E-state index in [0.717, 1.165) is 24.3 Å². The number of rotatable bonds is 8. The molecule has 0 radical (unpaired) electrons. The number of carbonyl (C=O) groups is 1. The standard InChI is InChI=1S/C25H27N3O2/c1-3-28(4-2)23-17-15-20(16-18-23)19-26-27-24(29)25(30,21-11-7-5-8-12-21)22-13-9-6-10-14-22/h5-19,30H,3-4H2,1-2H3,(H,27,29). The molecule has 0 saturated carbocycles. The van der Waals surface area contributed by atoms with Gasteiger partial charge < -0.3 is 10.0 Å². The molecule has 0 heterocycles. The first-order chi connectivity index (χ1) is 14.6. The molecule has 1 amide bonds. The minimum absolute atomic E-state index is 0.479. The lowest BCUT2D eigenvalue weighted by atomic mass is 9.85. The Labute approximate surface area is 177 Å². The quantitative estimate of drug-likeness (QED) is 0.444. The Balaban J connectivity index is 1.78. The van der Waals surface area contributed by atoms with Crippen molar-refractivity contribution >= 4 is 17.8 Å². The Morgan fingerprint density at radius 2 is 1.40 bits per heavy atom. The Bertz CT molecular complexity index is 927. The summed E-state index contributed by atoms with van der Waals surface area (Å²) in [6, 6.07) is 25.7. The number of nitrogens with zero attached hydrogens (tertiary/aromatic N) is 2. The average molecular weight is 402 g/mol. The minimum atomic E-state index is -1.84. The minimum Gasteiger partial charge on any atom is -0.372 e. The lowest BCUT2D eigenvalue weighted by Crippen LogP contribution is -2.43. The summed E-state index contributed by atoms with van der Waals surface area (Å²) in [6.45, 7) is 6.12. The van der Waals surface area contributed by atoms with Crippen LogP contribution in [-0.2, 0) is 10.4 Å². The van der Waals surface area contributed by atoms with Crippen molar-refractivity contribution in [1.29, 1.82) is 0 Å². The van der Waals surface area contributed by atoms with Crippen molar-refractivity contribution in [1.82, 2.24) is 5.43 Å². The summed E-state index contributed by atoms with van der Waals surface area (Å²) in [5.74, 6) is -0.615. The molecule has 5 heteroatoms. The second kappa shape index (κ2) is 9.85. The Kier molecular flexibility index (Phi) is 6.99. The number of hydrogen-bond donors (Lipinski definition) is 2. The van der Waals surface area contributed by atoms with E-state index >= 15 is 0 Å². The predicted octanol–water partition coefficient (Wildman–Crippen LogP) is 3.92. The van der Waals surface area contributed by atoms with E-state index < -0.39 is 11.5 Å². The first-order valence-electron chi connectivity index (χ1n) is 10.1. The van der Waals surface area contributed by atoms with E-state index in [1.807, 2.05) is 36.4 Å². The van der Waals surface area contributed by atoms with Crippen molar-refractivity contribution in [2.75, 3.05) is 18.0 Å². The van der Waals surface area contributed by atoms with Crippen LogP contribution in [0.15, 0.2) is 90.0 Å². The summed E-state index contributed by atoms with van der Waals surface area (Å²) in [4.78, 5) is 15.2. The second-order valence-corrected chi connectivity index (χ2v) is 6.91. The zero-order valence-corrected chi connectivity index (χ0v) is 17.3. The number of hydrazone groups is 1. The lowest BCUT2D eigenvalue weighted by molar-refractivity contribution is -0.136. The molecule has 0 aliphatic heterocycles. The molecule has 3 aromatic rings. The molecule has 0 aliphatic carbocycles. The van der Waals surface area contributed by atoms with Gasteiger partial charge in [-0.05, 0) is 42.7 Å². The number of anilines is 1. The Morgan fingerprint density at radius 1 is 0.900 bits per heavy atom. The van der Waals surface area contributed by atoms with Gasteiger partial charge in [-0.1, -0.05) is 72.8 Å². The highest BCUT2D eigenvalue weighted by Gasteiger charge is 2.39. The summed E-state index contributed by atoms with van der Waals surface area (Å²) < 4.78 is 0. The average Bonchev–Trinajstić information content (AvgIpc) is 2.81. The number of hydrogen-bond acceptors (Lipinski definition) is 4. The summed E-state index contributed by atoms with van der Waals surface area (Å²) in [6.07, 6.45) is 1.57. The first kappa shape index (κ1) is 21.3. The van der Waals surface area contributed by atoms with Gasteiger partial charge in [0.05, 0.1) is 6.21 Å². The number of aliphatic hydroxyl groups is 1. The number of nitrogens with one attached hydrogen (secondary N) is 1.